The lowest BCUT2D eigenvalue weighted by Crippen LogP contribution is -2.03. The summed E-state index contributed by atoms with van der Waals surface area (Å²) in [4.78, 5) is 11.2. The van der Waals surface area contributed by atoms with Crippen molar-refractivity contribution in [3.05, 3.63) is 24.3 Å². The number of carbonyl (C=O) groups excluding carboxylic acids is 1. The van der Waals surface area contributed by atoms with Gasteiger partial charge in [-0.3, -0.25) is 4.79 Å². The van der Waals surface area contributed by atoms with Crippen molar-refractivity contribution in [1.29, 1.82) is 0 Å². The van der Waals surface area contributed by atoms with Crippen LogP contribution in [0.3, 0.4) is 0 Å². The van der Waals surface area contributed by atoms with E-state index in [0.717, 1.165) is 51.4 Å². The van der Waals surface area contributed by atoms with Crippen molar-refractivity contribution in [2.45, 2.75) is 90.8 Å². The molecule has 0 bridgehead atoms. The van der Waals surface area contributed by atoms with E-state index in [9.17, 15) is 4.79 Å². The fourth-order valence-electron chi connectivity index (χ4n) is 2.17. The third-order valence-electron chi connectivity index (χ3n) is 3.46. The average molecular weight is 311 g/mol. The molecule has 0 aromatic carbocycles. The summed E-state index contributed by atoms with van der Waals surface area (Å²) in [5.74, 6) is -0.0922. The first-order valence-electron chi connectivity index (χ1n) is 10.0. The SMILES string of the molecule is [2H]C([2H])(/C=C\CCCCC)/C=C\CCCCCCCC(=O)OCC. The summed E-state index contributed by atoms with van der Waals surface area (Å²) in [6, 6.07) is 0. The van der Waals surface area contributed by atoms with Crippen LogP contribution in [0.25, 0.3) is 0 Å². The molecule has 0 saturated carbocycles. The molecule has 0 radical (unpaired) electrons. The van der Waals surface area contributed by atoms with Crippen molar-refractivity contribution in [1.82, 2.24) is 0 Å². The van der Waals surface area contributed by atoms with E-state index >= 15 is 0 Å². The van der Waals surface area contributed by atoms with E-state index in [1.54, 1.807) is 12.2 Å². The van der Waals surface area contributed by atoms with Crippen molar-refractivity contribution >= 4 is 5.97 Å². The highest BCUT2D eigenvalue weighted by atomic mass is 16.5. The summed E-state index contributed by atoms with van der Waals surface area (Å²) in [5, 5.41) is 0. The zero-order valence-corrected chi connectivity index (χ0v) is 14.6. The summed E-state index contributed by atoms with van der Waals surface area (Å²) in [7, 11) is 0. The maximum Gasteiger partial charge on any atom is 0.305 e. The second kappa shape index (κ2) is 18.0. The van der Waals surface area contributed by atoms with E-state index in [1.165, 1.54) is 12.8 Å². The van der Waals surface area contributed by atoms with Crippen LogP contribution in [-0.2, 0) is 9.53 Å². The molecular formula is C20H36O2. The van der Waals surface area contributed by atoms with Gasteiger partial charge >= 0.3 is 5.97 Å². The lowest BCUT2D eigenvalue weighted by atomic mass is 10.1. The van der Waals surface area contributed by atoms with E-state index in [4.69, 9.17) is 7.48 Å². The molecule has 0 heterocycles. The second-order valence-corrected chi connectivity index (χ2v) is 5.58. The number of hydrogen-bond acceptors (Lipinski definition) is 2. The summed E-state index contributed by atoms with van der Waals surface area (Å²) in [6.45, 7) is 4.47. The smallest absolute Gasteiger partial charge is 0.305 e. The van der Waals surface area contributed by atoms with Crippen LogP contribution in [-0.4, -0.2) is 12.6 Å². The van der Waals surface area contributed by atoms with Gasteiger partial charge in [-0.15, -0.1) is 0 Å². The van der Waals surface area contributed by atoms with E-state index in [1.807, 2.05) is 19.1 Å². The summed E-state index contributed by atoms with van der Waals surface area (Å²) in [5.41, 5.74) is 0. The molecule has 2 nitrogen and oxygen atoms in total. The van der Waals surface area contributed by atoms with Crippen LogP contribution < -0.4 is 0 Å². The molecular weight excluding hydrogens is 272 g/mol. The molecule has 0 amide bonds. The molecule has 128 valence electrons. The van der Waals surface area contributed by atoms with Gasteiger partial charge in [0.1, 0.15) is 0 Å². The predicted molar refractivity (Wildman–Crippen MR) is 96.0 cm³/mol. The molecule has 0 saturated heterocycles. The van der Waals surface area contributed by atoms with Gasteiger partial charge < -0.3 is 4.74 Å². The van der Waals surface area contributed by atoms with E-state index < -0.39 is 6.37 Å². The normalized spacial score (nSPS) is 13.5. The lowest BCUT2D eigenvalue weighted by molar-refractivity contribution is -0.143. The molecule has 0 rings (SSSR count). The van der Waals surface area contributed by atoms with Crippen LogP contribution in [0.1, 0.15) is 93.6 Å². The Morgan fingerprint density at radius 1 is 0.864 bits per heavy atom. The Morgan fingerprint density at radius 3 is 2.09 bits per heavy atom. The number of unbranched alkanes of at least 4 members (excludes halogenated alkanes) is 8. The van der Waals surface area contributed by atoms with Crippen LogP contribution in [0.2, 0.25) is 0 Å². The zero-order chi connectivity index (χ0) is 18.1. The number of carbonyl (C=O) groups is 1. The quantitative estimate of drug-likeness (QED) is 0.200. The monoisotopic (exact) mass is 310 g/mol. The zero-order valence-electron chi connectivity index (χ0n) is 16.6. The van der Waals surface area contributed by atoms with E-state index in [0.29, 0.717) is 13.0 Å². The highest BCUT2D eigenvalue weighted by molar-refractivity contribution is 5.69. The summed E-state index contributed by atoms with van der Waals surface area (Å²) >= 11 is 0. The van der Waals surface area contributed by atoms with Gasteiger partial charge in [0.2, 0.25) is 0 Å². The fourth-order valence-corrected chi connectivity index (χ4v) is 2.17. The van der Waals surface area contributed by atoms with E-state index in [2.05, 4.69) is 6.92 Å². The van der Waals surface area contributed by atoms with Crippen LogP contribution in [0.5, 0.6) is 0 Å². The second-order valence-electron chi connectivity index (χ2n) is 5.58. The third-order valence-corrected chi connectivity index (χ3v) is 3.46. The largest absolute Gasteiger partial charge is 0.466 e. The van der Waals surface area contributed by atoms with Gasteiger partial charge in [-0.2, -0.15) is 0 Å². The number of rotatable bonds is 15. The summed E-state index contributed by atoms with van der Waals surface area (Å²) < 4.78 is 20.7. The highest BCUT2D eigenvalue weighted by Gasteiger charge is 2.00. The molecule has 0 aliphatic carbocycles. The maximum absolute atomic E-state index is 11.2. The number of hydrogen-bond donors (Lipinski definition) is 0. The van der Waals surface area contributed by atoms with Gasteiger partial charge in [0.15, 0.2) is 0 Å². The Morgan fingerprint density at radius 2 is 1.45 bits per heavy atom. The maximum atomic E-state index is 11.2. The molecule has 0 unspecified atom stereocenters. The Labute approximate surface area is 140 Å². The van der Waals surface area contributed by atoms with Crippen molar-refractivity contribution in [3.8, 4) is 0 Å². The number of esters is 1. The van der Waals surface area contributed by atoms with Crippen LogP contribution in [0, 0.1) is 0 Å². The first kappa shape index (κ1) is 17.3. The van der Waals surface area contributed by atoms with Crippen LogP contribution in [0.4, 0.5) is 0 Å². The topological polar surface area (TPSA) is 26.3 Å². The first-order chi connectivity index (χ1) is 11.5. The first-order valence-corrected chi connectivity index (χ1v) is 9.03. The number of ether oxygens (including phenoxy) is 1. The Hall–Kier alpha value is -1.05. The van der Waals surface area contributed by atoms with Crippen LogP contribution >= 0.6 is 0 Å². The number of allylic oxidation sites excluding steroid dienone is 4. The fraction of sp³-hybridized carbons (Fsp3) is 0.750. The van der Waals surface area contributed by atoms with Crippen LogP contribution in [0.15, 0.2) is 24.3 Å². The molecule has 2 heteroatoms. The van der Waals surface area contributed by atoms with Gasteiger partial charge in [-0.05, 0) is 45.4 Å². The lowest BCUT2D eigenvalue weighted by Gasteiger charge is -2.01. The standard InChI is InChI=1S/C20H36O2/c1-3-5-6-7-8-9-10-11-12-13-14-15-16-17-18-19-20(21)22-4-2/h8-9,11-12H,3-7,10,13-19H2,1-2H3/b9-8-,12-11-/i10D2. The molecule has 22 heavy (non-hydrogen) atoms. The molecule has 0 aliphatic rings. The Bertz CT molecular complexity index is 363. The molecule has 0 N–H and O–H groups in total. The minimum atomic E-state index is -1.33. The van der Waals surface area contributed by atoms with Gasteiger partial charge in [-0.25, -0.2) is 0 Å². The highest BCUT2D eigenvalue weighted by Crippen LogP contribution is 2.08. The molecule has 0 aromatic rings. The molecule has 0 spiro atoms. The van der Waals surface area contributed by atoms with Gasteiger partial charge in [-0.1, -0.05) is 63.3 Å². The van der Waals surface area contributed by atoms with Gasteiger partial charge in [0.25, 0.3) is 0 Å². The molecule has 0 aliphatic heterocycles. The van der Waals surface area contributed by atoms with Crippen molar-refractivity contribution in [2.24, 2.45) is 0 Å². The van der Waals surface area contributed by atoms with E-state index in [-0.39, 0.29) is 5.97 Å². The molecule has 0 atom stereocenters. The molecule has 0 aromatic heterocycles. The predicted octanol–water partition coefficient (Wildman–Crippen LogP) is 6.36. The Kier molecular flexibility index (Phi) is 14.2. The van der Waals surface area contributed by atoms with Gasteiger partial charge in [0.05, 0.1) is 6.61 Å². The van der Waals surface area contributed by atoms with Gasteiger partial charge in [0, 0.05) is 9.16 Å². The van der Waals surface area contributed by atoms with Crippen molar-refractivity contribution in [3.63, 3.8) is 0 Å². The Balaban J connectivity index is 3.60. The third kappa shape index (κ3) is 17.0. The van der Waals surface area contributed by atoms with Crippen molar-refractivity contribution in [2.75, 3.05) is 6.61 Å². The minimum Gasteiger partial charge on any atom is -0.466 e. The molecule has 0 fully saturated rings. The minimum absolute atomic E-state index is 0.0922. The summed E-state index contributed by atoms with van der Waals surface area (Å²) in [6.07, 6.45) is 17.2. The average Bonchev–Trinajstić information content (AvgIpc) is 2.53. The van der Waals surface area contributed by atoms with Crippen molar-refractivity contribution < 1.29 is 12.3 Å².